The monoisotopic (exact) mass is 356 g/mol. The van der Waals surface area contributed by atoms with Crippen molar-refractivity contribution in [3.63, 3.8) is 0 Å². The lowest BCUT2D eigenvalue weighted by atomic mass is 10.3. The molecule has 0 unspecified atom stereocenters. The molecule has 1 N–H and O–H groups in total. The largest absolute Gasteiger partial charge is 0.472 e. The van der Waals surface area contributed by atoms with Crippen molar-refractivity contribution in [3.05, 3.63) is 48.3 Å². The fourth-order valence-electron chi connectivity index (χ4n) is 2.30. The highest BCUT2D eigenvalue weighted by molar-refractivity contribution is 7.18. The summed E-state index contributed by atoms with van der Waals surface area (Å²) < 4.78 is 10.9. The SMILES string of the molecule is COC[C@H](C)Oc1cc(C)cc(Nc2ncc(-c3ccccn3)s2)n1. The Bertz CT molecular complexity index is 823. The van der Waals surface area contributed by atoms with Gasteiger partial charge in [-0.25, -0.2) is 4.98 Å². The van der Waals surface area contributed by atoms with Crippen LogP contribution < -0.4 is 10.1 Å². The van der Waals surface area contributed by atoms with E-state index in [2.05, 4.69) is 20.3 Å². The van der Waals surface area contributed by atoms with Crippen LogP contribution in [0.4, 0.5) is 10.9 Å². The first-order valence-electron chi connectivity index (χ1n) is 7.92. The Morgan fingerprint density at radius 1 is 1.24 bits per heavy atom. The number of anilines is 2. The van der Waals surface area contributed by atoms with Crippen LogP contribution in [0.25, 0.3) is 10.6 Å². The summed E-state index contributed by atoms with van der Waals surface area (Å²) in [6.45, 7) is 4.46. The Morgan fingerprint density at radius 2 is 2.12 bits per heavy atom. The lowest BCUT2D eigenvalue weighted by Gasteiger charge is -2.14. The summed E-state index contributed by atoms with van der Waals surface area (Å²) >= 11 is 1.53. The minimum Gasteiger partial charge on any atom is -0.472 e. The molecule has 0 spiro atoms. The molecule has 3 heterocycles. The maximum atomic E-state index is 5.79. The summed E-state index contributed by atoms with van der Waals surface area (Å²) in [5, 5.41) is 4.00. The van der Waals surface area contributed by atoms with E-state index in [4.69, 9.17) is 9.47 Å². The average molecular weight is 356 g/mol. The Morgan fingerprint density at radius 3 is 2.88 bits per heavy atom. The summed E-state index contributed by atoms with van der Waals surface area (Å²) in [4.78, 5) is 14.2. The average Bonchev–Trinajstić information content (AvgIpc) is 3.04. The molecule has 3 rings (SSSR count). The van der Waals surface area contributed by atoms with E-state index < -0.39 is 0 Å². The van der Waals surface area contributed by atoms with Crippen molar-refractivity contribution in [2.75, 3.05) is 19.0 Å². The van der Waals surface area contributed by atoms with Crippen molar-refractivity contribution >= 4 is 22.3 Å². The number of aromatic nitrogens is 3. The molecule has 0 amide bonds. The summed E-state index contributed by atoms with van der Waals surface area (Å²) in [7, 11) is 1.65. The third-order valence-electron chi connectivity index (χ3n) is 3.33. The maximum absolute atomic E-state index is 5.79. The zero-order valence-corrected chi connectivity index (χ0v) is 15.2. The predicted molar refractivity (Wildman–Crippen MR) is 99.6 cm³/mol. The number of ether oxygens (including phenoxy) is 2. The third-order valence-corrected chi connectivity index (χ3v) is 4.26. The topological polar surface area (TPSA) is 69.2 Å². The van der Waals surface area contributed by atoms with Crippen molar-refractivity contribution in [3.8, 4) is 16.5 Å². The maximum Gasteiger partial charge on any atom is 0.215 e. The lowest BCUT2D eigenvalue weighted by Crippen LogP contribution is -2.18. The fraction of sp³-hybridized carbons (Fsp3) is 0.278. The highest BCUT2D eigenvalue weighted by Crippen LogP contribution is 2.29. The van der Waals surface area contributed by atoms with Crippen molar-refractivity contribution < 1.29 is 9.47 Å². The summed E-state index contributed by atoms with van der Waals surface area (Å²) in [6, 6.07) is 9.67. The number of hydrogen-bond donors (Lipinski definition) is 1. The molecule has 3 aromatic rings. The number of rotatable bonds is 7. The molecular formula is C18H20N4O2S. The number of thiazole rings is 1. The second kappa shape index (κ2) is 8.04. The molecular weight excluding hydrogens is 336 g/mol. The van der Waals surface area contributed by atoms with Crippen LogP contribution in [0.15, 0.2) is 42.7 Å². The molecule has 25 heavy (non-hydrogen) atoms. The zero-order chi connectivity index (χ0) is 17.6. The number of pyridine rings is 2. The van der Waals surface area contributed by atoms with E-state index in [1.165, 1.54) is 11.3 Å². The van der Waals surface area contributed by atoms with Crippen molar-refractivity contribution in [2.24, 2.45) is 0 Å². The molecule has 0 saturated carbocycles. The van der Waals surface area contributed by atoms with Gasteiger partial charge in [0.15, 0.2) is 5.13 Å². The third kappa shape index (κ3) is 4.74. The van der Waals surface area contributed by atoms with Crippen LogP contribution in [0.3, 0.4) is 0 Å². The van der Waals surface area contributed by atoms with Gasteiger partial charge in [0.1, 0.15) is 11.9 Å². The van der Waals surface area contributed by atoms with Gasteiger partial charge in [-0.2, -0.15) is 4.98 Å². The first kappa shape index (κ1) is 17.3. The molecule has 0 saturated heterocycles. The quantitative estimate of drug-likeness (QED) is 0.688. The molecule has 3 aromatic heterocycles. The van der Waals surface area contributed by atoms with Gasteiger partial charge in [-0.05, 0) is 37.6 Å². The number of nitrogens with one attached hydrogen (secondary N) is 1. The Balaban J connectivity index is 1.74. The van der Waals surface area contributed by atoms with Crippen LogP contribution in [-0.2, 0) is 4.74 Å². The smallest absolute Gasteiger partial charge is 0.215 e. The van der Waals surface area contributed by atoms with Crippen LogP contribution in [0.2, 0.25) is 0 Å². The Kier molecular flexibility index (Phi) is 5.57. The van der Waals surface area contributed by atoms with E-state index in [0.717, 1.165) is 21.3 Å². The molecule has 130 valence electrons. The molecule has 0 aliphatic heterocycles. The van der Waals surface area contributed by atoms with Gasteiger partial charge in [-0.3, -0.25) is 4.98 Å². The normalized spacial score (nSPS) is 12.0. The van der Waals surface area contributed by atoms with E-state index in [9.17, 15) is 0 Å². The second-order valence-corrected chi connectivity index (χ2v) is 6.65. The predicted octanol–water partition coefficient (Wildman–Crippen LogP) is 4.07. The summed E-state index contributed by atoms with van der Waals surface area (Å²) in [5.74, 6) is 1.26. The van der Waals surface area contributed by atoms with Gasteiger partial charge in [0, 0.05) is 25.6 Å². The first-order chi connectivity index (χ1) is 12.1. The summed E-state index contributed by atoms with van der Waals surface area (Å²) in [6.07, 6.45) is 3.51. The van der Waals surface area contributed by atoms with Crippen LogP contribution >= 0.6 is 11.3 Å². The molecule has 0 aromatic carbocycles. The van der Waals surface area contributed by atoms with Crippen LogP contribution in [-0.4, -0.2) is 34.8 Å². The molecule has 0 aliphatic rings. The lowest BCUT2D eigenvalue weighted by molar-refractivity contribution is 0.0890. The van der Waals surface area contributed by atoms with Crippen molar-refractivity contribution in [2.45, 2.75) is 20.0 Å². The fourth-order valence-corrected chi connectivity index (χ4v) is 3.10. The molecule has 0 bridgehead atoms. The minimum atomic E-state index is -0.0669. The number of methoxy groups -OCH3 is 1. The van der Waals surface area contributed by atoms with E-state index in [0.29, 0.717) is 18.3 Å². The molecule has 6 nitrogen and oxygen atoms in total. The molecule has 1 atom stereocenters. The van der Waals surface area contributed by atoms with Gasteiger partial charge >= 0.3 is 0 Å². The van der Waals surface area contributed by atoms with E-state index in [1.54, 1.807) is 13.3 Å². The van der Waals surface area contributed by atoms with E-state index in [-0.39, 0.29) is 6.10 Å². The minimum absolute atomic E-state index is 0.0669. The second-order valence-electron chi connectivity index (χ2n) is 5.62. The van der Waals surface area contributed by atoms with Crippen molar-refractivity contribution in [1.82, 2.24) is 15.0 Å². The number of nitrogens with zero attached hydrogens (tertiary/aromatic N) is 3. The summed E-state index contributed by atoms with van der Waals surface area (Å²) in [5.41, 5.74) is 1.96. The Hall–Kier alpha value is -2.51. The van der Waals surface area contributed by atoms with Gasteiger partial charge in [-0.15, -0.1) is 0 Å². The molecule has 0 fully saturated rings. The van der Waals surface area contributed by atoms with Crippen LogP contribution in [0, 0.1) is 6.92 Å². The van der Waals surface area contributed by atoms with E-state index >= 15 is 0 Å². The zero-order valence-electron chi connectivity index (χ0n) is 14.4. The van der Waals surface area contributed by atoms with Gasteiger partial charge in [0.05, 0.1) is 17.2 Å². The molecule has 0 aliphatic carbocycles. The standard InChI is InChI=1S/C18H20N4O2S/c1-12-8-16(21-17(9-12)24-13(2)11-23-3)22-18-20-10-15(25-18)14-6-4-5-7-19-14/h4-10,13H,11H2,1-3H3,(H,20,21,22)/t13-/m0/s1. The van der Waals surface area contributed by atoms with Crippen LogP contribution in [0.1, 0.15) is 12.5 Å². The molecule has 7 heteroatoms. The molecule has 0 radical (unpaired) electrons. The van der Waals surface area contributed by atoms with Gasteiger partial charge in [-0.1, -0.05) is 17.4 Å². The van der Waals surface area contributed by atoms with Gasteiger partial charge < -0.3 is 14.8 Å². The first-order valence-corrected chi connectivity index (χ1v) is 8.74. The number of hydrogen-bond acceptors (Lipinski definition) is 7. The van der Waals surface area contributed by atoms with Crippen LogP contribution in [0.5, 0.6) is 5.88 Å². The highest BCUT2D eigenvalue weighted by Gasteiger charge is 2.09. The van der Waals surface area contributed by atoms with Gasteiger partial charge in [0.2, 0.25) is 5.88 Å². The highest BCUT2D eigenvalue weighted by atomic mass is 32.1. The van der Waals surface area contributed by atoms with Gasteiger partial charge in [0.25, 0.3) is 0 Å². The van der Waals surface area contributed by atoms with E-state index in [1.807, 2.05) is 50.4 Å². The Labute approximate surface area is 150 Å². The number of aryl methyl sites for hydroxylation is 1. The van der Waals surface area contributed by atoms with Crippen molar-refractivity contribution in [1.29, 1.82) is 0 Å².